The van der Waals surface area contributed by atoms with Gasteiger partial charge in [-0.3, -0.25) is 4.79 Å². The quantitative estimate of drug-likeness (QED) is 0.797. The van der Waals surface area contributed by atoms with Crippen molar-refractivity contribution in [3.8, 4) is 11.5 Å². The number of methoxy groups -OCH3 is 2. The number of carbonyl (C=O) groups is 1. The molecule has 1 atom stereocenters. The highest BCUT2D eigenvalue weighted by molar-refractivity contribution is 6.32. The van der Waals surface area contributed by atoms with Crippen LogP contribution in [0.25, 0.3) is 0 Å². The Balaban J connectivity index is 2.43. The van der Waals surface area contributed by atoms with Gasteiger partial charge >= 0.3 is 0 Å². The fourth-order valence-electron chi connectivity index (χ4n) is 2.18. The highest BCUT2D eigenvalue weighted by Gasteiger charge is 2.31. The average molecular weight is 282 g/mol. The van der Waals surface area contributed by atoms with E-state index in [1.54, 1.807) is 30.2 Å². The second-order valence-corrected chi connectivity index (χ2v) is 4.77. The van der Waals surface area contributed by atoms with Crippen LogP contribution in [0.5, 0.6) is 11.5 Å². The predicted octanol–water partition coefficient (Wildman–Crippen LogP) is 2.90. The molecule has 0 N–H and O–H groups in total. The van der Waals surface area contributed by atoms with Gasteiger partial charge in [0.1, 0.15) is 11.5 Å². The van der Waals surface area contributed by atoms with Gasteiger partial charge in [0.2, 0.25) is 5.91 Å². The molecule has 1 heterocycles. The van der Waals surface area contributed by atoms with Crippen LogP contribution in [0.1, 0.15) is 6.42 Å². The van der Waals surface area contributed by atoms with E-state index in [9.17, 15) is 4.79 Å². The van der Waals surface area contributed by atoms with Gasteiger partial charge in [-0.2, -0.15) is 0 Å². The van der Waals surface area contributed by atoms with Crippen molar-refractivity contribution in [1.82, 2.24) is 0 Å². The largest absolute Gasteiger partial charge is 0.495 e. The maximum atomic E-state index is 12.0. The molecule has 19 heavy (non-hydrogen) atoms. The van der Waals surface area contributed by atoms with E-state index in [1.165, 1.54) is 7.11 Å². The predicted molar refractivity (Wildman–Crippen MR) is 75.2 cm³/mol. The van der Waals surface area contributed by atoms with E-state index in [1.807, 2.05) is 0 Å². The van der Waals surface area contributed by atoms with E-state index >= 15 is 0 Å². The van der Waals surface area contributed by atoms with Crippen molar-refractivity contribution in [2.75, 3.05) is 25.7 Å². The molecule has 0 aliphatic carbocycles. The summed E-state index contributed by atoms with van der Waals surface area (Å²) in [5.41, 5.74) is 0.679. The third-order valence-electron chi connectivity index (χ3n) is 3.23. The van der Waals surface area contributed by atoms with E-state index in [-0.39, 0.29) is 11.8 Å². The summed E-state index contributed by atoms with van der Waals surface area (Å²) >= 11 is 6.05. The van der Waals surface area contributed by atoms with Crippen LogP contribution in [0.4, 0.5) is 5.69 Å². The minimum atomic E-state index is 0.0487. The number of rotatable bonds is 4. The Morgan fingerprint density at radius 3 is 2.58 bits per heavy atom. The Bertz CT molecular complexity index is 516. The second kappa shape index (κ2) is 5.53. The number of anilines is 1. The van der Waals surface area contributed by atoms with Gasteiger partial charge < -0.3 is 14.4 Å². The minimum Gasteiger partial charge on any atom is -0.495 e. The number of hydrogen-bond donors (Lipinski definition) is 0. The summed E-state index contributed by atoms with van der Waals surface area (Å²) in [7, 11) is 3.09. The Morgan fingerprint density at radius 2 is 2.05 bits per heavy atom. The zero-order valence-electron chi connectivity index (χ0n) is 11.0. The summed E-state index contributed by atoms with van der Waals surface area (Å²) in [5.74, 6) is 1.29. The standard InChI is InChI=1S/C14H16ClNO3/c1-4-9-5-14(17)16(8-9)11-7-12(18-2)10(15)6-13(11)19-3/h4,6-7,9H,1,5,8H2,2-3H3. The van der Waals surface area contributed by atoms with Gasteiger partial charge in [0.15, 0.2) is 0 Å². The molecule has 0 radical (unpaired) electrons. The highest BCUT2D eigenvalue weighted by atomic mass is 35.5. The van der Waals surface area contributed by atoms with E-state index in [0.29, 0.717) is 35.2 Å². The van der Waals surface area contributed by atoms with Crippen LogP contribution in [0.3, 0.4) is 0 Å². The third-order valence-corrected chi connectivity index (χ3v) is 3.53. The topological polar surface area (TPSA) is 38.8 Å². The van der Waals surface area contributed by atoms with E-state index < -0.39 is 0 Å². The van der Waals surface area contributed by atoms with Gasteiger partial charge in [0.05, 0.1) is 24.9 Å². The fourth-order valence-corrected chi connectivity index (χ4v) is 2.41. The number of halogens is 1. The van der Waals surface area contributed by atoms with Gasteiger partial charge in [-0.15, -0.1) is 6.58 Å². The first-order chi connectivity index (χ1) is 9.10. The maximum Gasteiger partial charge on any atom is 0.227 e. The molecule has 5 heteroatoms. The van der Waals surface area contributed by atoms with Crippen LogP contribution in [-0.2, 0) is 4.79 Å². The first-order valence-corrected chi connectivity index (χ1v) is 6.33. The lowest BCUT2D eigenvalue weighted by Gasteiger charge is -2.20. The molecular weight excluding hydrogens is 266 g/mol. The molecule has 0 saturated carbocycles. The average Bonchev–Trinajstić information content (AvgIpc) is 2.79. The Morgan fingerprint density at radius 1 is 1.37 bits per heavy atom. The van der Waals surface area contributed by atoms with E-state index in [2.05, 4.69) is 6.58 Å². The van der Waals surface area contributed by atoms with Gasteiger partial charge in [-0.25, -0.2) is 0 Å². The smallest absolute Gasteiger partial charge is 0.227 e. The van der Waals surface area contributed by atoms with Crippen LogP contribution in [0.2, 0.25) is 5.02 Å². The zero-order chi connectivity index (χ0) is 14.0. The van der Waals surface area contributed by atoms with Crippen LogP contribution >= 0.6 is 11.6 Å². The third kappa shape index (κ3) is 2.54. The molecule has 1 aliphatic heterocycles. The molecule has 102 valence electrons. The molecule has 0 aromatic heterocycles. The van der Waals surface area contributed by atoms with Crippen LogP contribution < -0.4 is 14.4 Å². The Labute approximate surface area is 117 Å². The lowest BCUT2D eigenvalue weighted by Crippen LogP contribution is -2.25. The summed E-state index contributed by atoms with van der Waals surface area (Å²) in [6.45, 7) is 4.34. The Hall–Kier alpha value is -1.68. The summed E-state index contributed by atoms with van der Waals surface area (Å²) in [5, 5.41) is 0.454. The van der Waals surface area contributed by atoms with Crippen molar-refractivity contribution >= 4 is 23.2 Å². The summed E-state index contributed by atoms with van der Waals surface area (Å²) in [6, 6.07) is 3.38. The highest BCUT2D eigenvalue weighted by Crippen LogP contribution is 2.40. The number of amides is 1. The lowest BCUT2D eigenvalue weighted by atomic mass is 10.1. The molecule has 1 aromatic rings. The summed E-state index contributed by atoms with van der Waals surface area (Å²) < 4.78 is 10.5. The van der Waals surface area contributed by atoms with Crippen molar-refractivity contribution in [3.05, 3.63) is 29.8 Å². The molecule has 1 unspecified atom stereocenters. The van der Waals surface area contributed by atoms with E-state index in [0.717, 1.165) is 0 Å². The van der Waals surface area contributed by atoms with Crippen LogP contribution in [0, 0.1) is 5.92 Å². The number of nitrogens with zero attached hydrogens (tertiary/aromatic N) is 1. The van der Waals surface area contributed by atoms with E-state index in [4.69, 9.17) is 21.1 Å². The van der Waals surface area contributed by atoms with Crippen molar-refractivity contribution in [2.45, 2.75) is 6.42 Å². The summed E-state index contributed by atoms with van der Waals surface area (Å²) in [6.07, 6.45) is 2.27. The molecule has 4 nitrogen and oxygen atoms in total. The van der Waals surface area contributed by atoms with Crippen molar-refractivity contribution in [1.29, 1.82) is 0 Å². The van der Waals surface area contributed by atoms with Crippen LogP contribution in [0.15, 0.2) is 24.8 Å². The van der Waals surface area contributed by atoms with Crippen molar-refractivity contribution < 1.29 is 14.3 Å². The molecule has 1 aromatic carbocycles. The van der Waals surface area contributed by atoms with Gasteiger partial charge in [0.25, 0.3) is 0 Å². The Kier molecular flexibility index (Phi) is 4.00. The van der Waals surface area contributed by atoms with Crippen LogP contribution in [-0.4, -0.2) is 26.7 Å². The van der Waals surface area contributed by atoms with Crippen molar-refractivity contribution in [3.63, 3.8) is 0 Å². The monoisotopic (exact) mass is 281 g/mol. The number of hydrogen-bond acceptors (Lipinski definition) is 3. The normalized spacial score (nSPS) is 18.6. The fraction of sp³-hybridized carbons (Fsp3) is 0.357. The molecule has 1 saturated heterocycles. The minimum absolute atomic E-state index is 0.0487. The SMILES string of the molecule is C=CC1CC(=O)N(c2cc(OC)c(Cl)cc2OC)C1. The molecule has 1 fully saturated rings. The molecule has 0 bridgehead atoms. The first kappa shape index (κ1) is 13.7. The molecule has 2 rings (SSSR count). The molecule has 1 aliphatic rings. The summed E-state index contributed by atoms with van der Waals surface area (Å²) in [4.78, 5) is 13.7. The molecular formula is C14H16ClNO3. The second-order valence-electron chi connectivity index (χ2n) is 4.36. The maximum absolute atomic E-state index is 12.0. The first-order valence-electron chi connectivity index (χ1n) is 5.95. The lowest BCUT2D eigenvalue weighted by molar-refractivity contribution is -0.117. The van der Waals surface area contributed by atoms with Gasteiger partial charge in [0, 0.05) is 31.0 Å². The van der Waals surface area contributed by atoms with Crippen molar-refractivity contribution in [2.24, 2.45) is 5.92 Å². The molecule has 1 amide bonds. The number of benzene rings is 1. The zero-order valence-corrected chi connectivity index (χ0v) is 11.7. The number of carbonyl (C=O) groups excluding carboxylic acids is 1. The van der Waals surface area contributed by atoms with Gasteiger partial charge in [-0.1, -0.05) is 17.7 Å². The number of ether oxygens (including phenoxy) is 2. The van der Waals surface area contributed by atoms with Gasteiger partial charge in [-0.05, 0) is 0 Å². The molecule has 0 spiro atoms.